The lowest BCUT2D eigenvalue weighted by atomic mass is 9.48. The van der Waals surface area contributed by atoms with Crippen LogP contribution >= 0.6 is 0 Å². The second-order valence-corrected chi connectivity index (χ2v) is 6.54. The zero-order valence-electron chi connectivity index (χ0n) is 11.0. The van der Waals surface area contributed by atoms with Gasteiger partial charge >= 0.3 is 0 Å². The largest absolute Gasteiger partial charge is 0.373 e. The molecule has 4 bridgehead atoms. The molecule has 0 unspecified atom stereocenters. The summed E-state index contributed by atoms with van der Waals surface area (Å²) in [4.78, 5) is 4.33. The van der Waals surface area contributed by atoms with E-state index in [4.69, 9.17) is 4.74 Å². The summed E-state index contributed by atoms with van der Waals surface area (Å²) in [6.07, 6.45) is 10.9. The van der Waals surface area contributed by atoms with Gasteiger partial charge in [0, 0.05) is 25.1 Å². The van der Waals surface area contributed by atoms with E-state index in [1.807, 2.05) is 19.5 Å². The van der Waals surface area contributed by atoms with Crippen molar-refractivity contribution in [3.05, 3.63) is 30.1 Å². The van der Waals surface area contributed by atoms with E-state index in [0.29, 0.717) is 0 Å². The molecule has 0 atom stereocenters. The first-order valence-corrected chi connectivity index (χ1v) is 7.28. The van der Waals surface area contributed by atoms with Crippen LogP contribution in [-0.2, 0) is 10.3 Å². The third kappa shape index (κ3) is 1.30. The van der Waals surface area contributed by atoms with Gasteiger partial charge in [-0.15, -0.1) is 0 Å². The Morgan fingerprint density at radius 2 is 1.78 bits per heavy atom. The monoisotopic (exact) mass is 243 g/mol. The number of ether oxygens (including phenoxy) is 1. The predicted octanol–water partition coefficient (Wildman–Crippen LogP) is 3.38. The molecule has 0 N–H and O–H groups in total. The van der Waals surface area contributed by atoms with Gasteiger partial charge in [-0.2, -0.15) is 0 Å². The van der Waals surface area contributed by atoms with E-state index in [2.05, 4.69) is 17.1 Å². The van der Waals surface area contributed by atoms with Gasteiger partial charge in [0.2, 0.25) is 0 Å². The van der Waals surface area contributed by atoms with Crippen molar-refractivity contribution >= 4 is 0 Å². The van der Waals surface area contributed by atoms with Crippen molar-refractivity contribution in [3.8, 4) is 0 Å². The van der Waals surface area contributed by atoms with Crippen molar-refractivity contribution in [2.45, 2.75) is 37.7 Å². The average molecular weight is 243 g/mol. The number of hydrogen-bond donors (Lipinski definition) is 0. The summed E-state index contributed by atoms with van der Waals surface area (Å²) in [5.41, 5.74) is 1.29. The minimum atomic E-state index is -0.0261. The molecule has 0 aromatic carbocycles. The van der Waals surface area contributed by atoms with Gasteiger partial charge in [0.05, 0.1) is 5.60 Å². The highest BCUT2D eigenvalue weighted by Crippen LogP contribution is 2.62. The second-order valence-electron chi connectivity index (χ2n) is 6.54. The fourth-order valence-corrected chi connectivity index (χ4v) is 5.40. The Kier molecular flexibility index (Phi) is 2.32. The summed E-state index contributed by atoms with van der Waals surface area (Å²) < 4.78 is 6.16. The number of rotatable bonds is 2. The standard InChI is InChI=1S/C16H21NO/c1-18-16(13-3-2-4-17-10-13)14-6-11-5-12(8-14)9-15(16)7-11/h2-4,10-12,14-15H,5-9H2,1H3. The van der Waals surface area contributed by atoms with Crippen LogP contribution in [-0.4, -0.2) is 12.1 Å². The molecule has 0 amide bonds. The molecule has 2 nitrogen and oxygen atoms in total. The summed E-state index contributed by atoms with van der Waals surface area (Å²) in [6, 6.07) is 4.28. The normalized spacial score (nSPS) is 45.4. The molecule has 5 rings (SSSR count). The number of methoxy groups -OCH3 is 1. The smallest absolute Gasteiger partial charge is 0.0998 e. The lowest BCUT2D eigenvalue weighted by Crippen LogP contribution is -2.56. The first-order valence-electron chi connectivity index (χ1n) is 7.28. The van der Waals surface area contributed by atoms with Gasteiger partial charge in [-0.1, -0.05) is 6.07 Å². The van der Waals surface area contributed by atoms with Crippen LogP contribution < -0.4 is 0 Å². The Bertz CT molecular complexity index is 414. The highest BCUT2D eigenvalue weighted by molar-refractivity contribution is 5.25. The fraction of sp³-hybridized carbons (Fsp3) is 0.688. The van der Waals surface area contributed by atoms with E-state index in [-0.39, 0.29) is 5.60 Å². The molecule has 18 heavy (non-hydrogen) atoms. The first-order chi connectivity index (χ1) is 8.83. The van der Waals surface area contributed by atoms with Crippen LogP contribution in [0.3, 0.4) is 0 Å². The fourth-order valence-electron chi connectivity index (χ4n) is 5.40. The Morgan fingerprint density at radius 1 is 1.11 bits per heavy atom. The van der Waals surface area contributed by atoms with E-state index >= 15 is 0 Å². The van der Waals surface area contributed by atoms with Gasteiger partial charge in [0.15, 0.2) is 0 Å². The summed E-state index contributed by atoms with van der Waals surface area (Å²) in [6.45, 7) is 0. The zero-order chi connectivity index (χ0) is 12.2. The molecule has 1 aromatic rings. The van der Waals surface area contributed by atoms with Crippen LogP contribution in [0.2, 0.25) is 0 Å². The highest BCUT2D eigenvalue weighted by atomic mass is 16.5. The maximum absolute atomic E-state index is 6.16. The maximum atomic E-state index is 6.16. The summed E-state index contributed by atoms with van der Waals surface area (Å²) in [5.74, 6) is 3.41. The van der Waals surface area contributed by atoms with Gasteiger partial charge in [0.1, 0.15) is 0 Å². The SMILES string of the molecule is COC1(c2cccnc2)C2CC3CC(C2)CC1C3. The lowest BCUT2D eigenvalue weighted by Gasteiger charge is -2.60. The molecular formula is C16H21NO. The van der Waals surface area contributed by atoms with Crippen LogP contribution in [0.1, 0.15) is 37.7 Å². The maximum Gasteiger partial charge on any atom is 0.0998 e. The van der Waals surface area contributed by atoms with Gasteiger partial charge in [-0.25, -0.2) is 0 Å². The molecule has 4 fully saturated rings. The number of hydrogen-bond acceptors (Lipinski definition) is 2. The molecule has 0 spiro atoms. The molecule has 0 saturated heterocycles. The Labute approximate surface area is 109 Å². The molecule has 0 radical (unpaired) electrons. The second kappa shape index (κ2) is 3.80. The molecule has 4 aliphatic rings. The molecule has 0 aliphatic heterocycles. The summed E-state index contributed by atoms with van der Waals surface area (Å²) in [5, 5.41) is 0. The van der Waals surface area contributed by atoms with Crippen LogP contribution in [0.15, 0.2) is 24.5 Å². The lowest BCUT2D eigenvalue weighted by molar-refractivity contribution is -0.197. The Morgan fingerprint density at radius 3 is 2.28 bits per heavy atom. The predicted molar refractivity (Wildman–Crippen MR) is 70.0 cm³/mol. The number of pyridine rings is 1. The van der Waals surface area contributed by atoms with Crippen LogP contribution in [0, 0.1) is 23.7 Å². The summed E-state index contributed by atoms with van der Waals surface area (Å²) >= 11 is 0. The van der Waals surface area contributed by atoms with Crippen molar-refractivity contribution in [2.24, 2.45) is 23.7 Å². The van der Waals surface area contributed by atoms with Crippen LogP contribution in [0.25, 0.3) is 0 Å². The number of nitrogens with zero attached hydrogens (tertiary/aromatic N) is 1. The summed E-state index contributed by atoms with van der Waals surface area (Å²) in [7, 11) is 1.91. The third-order valence-electron chi connectivity index (χ3n) is 5.80. The van der Waals surface area contributed by atoms with Gasteiger partial charge < -0.3 is 4.74 Å². The molecule has 1 heterocycles. The van der Waals surface area contributed by atoms with Gasteiger partial charge in [-0.05, 0) is 61.8 Å². The van der Waals surface area contributed by atoms with Crippen molar-refractivity contribution in [2.75, 3.05) is 7.11 Å². The van der Waals surface area contributed by atoms with E-state index in [9.17, 15) is 0 Å². The topological polar surface area (TPSA) is 22.1 Å². The molecular weight excluding hydrogens is 222 g/mol. The van der Waals surface area contributed by atoms with Crippen molar-refractivity contribution in [3.63, 3.8) is 0 Å². The minimum absolute atomic E-state index is 0.0261. The quantitative estimate of drug-likeness (QED) is 0.794. The first kappa shape index (κ1) is 11.0. The Balaban J connectivity index is 1.81. The molecule has 2 heteroatoms. The Hall–Kier alpha value is -0.890. The van der Waals surface area contributed by atoms with Crippen LogP contribution in [0.5, 0.6) is 0 Å². The van der Waals surface area contributed by atoms with E-state index in [1.165, 1.54) is 37.7 Å². The van der Waals surface area contributed by atoms with Gasteiger partial charge in [-0.3, -0.25) is 4.98 Å². The van der Waals surface area contributed by atoms with Crippen LogP contribution in [0.4, 0.5) is 0 Å². The van der Waals surface area contributed by atoms with Crippen molar-refractivity contribution in [1.82, 2.24) is 4.98 Å². The highest BCUT2D eigenvalue weighted by Gasteiger charge is 2.58. The van der Waals surface area contributed by atoms with E-state index in [0.717, 1.165) is 23.7 Å². The third-order valence-corrected chi connectivity index (χ3v) is 5.80. The van der Waals surface area contributed by atoms with Crippen molar-refractivity contribution in [1.29, 1.82) is 0 Å². The van der Waals surface area contributed by atoms with Crippen molar-refractivity contribution < 1.29 is 4.74 Å². The number of aromatic nitrogens is 1. The molecule has 1 aromatic heterocycles. The zero-order valence-corrected chi connectivity index (χ0v) is 11.0. The van der Waals surface area contributed by atoms with E-state index in [1.54, 1.807) is 0 Å². The minimum Gasteiger partial charge on any atom is -0.373 e. The van der Waals surface area contributed by atoms with Gasteiger partial charge in [0.25, 0.3) is 0 Å². The average Bonchev–Trinajstić information content (AvgIpc) is 2.40. The molecule has 96 valence electrons. The molecule has 4 saturated carbocycles. The van der Waals surface area contributed by atoms with E-state index < -0.39 is 0 Å². The molecule has 4 aliphatic carbocycles.